The third-order valence-corrected chi connectivity index (χ3v) is 2.70. The largest absolute Gasteiger partial charge is 0.504 e. The Labute approximate surface area is 104 Å². The van der Waals surface area contributed by atoms with Gasteiger partial charge < -0.3 is 21.3 Å². The standard InChI is InChI=1S/C11H16N4O3/c12-8-5-7(6-9(13)10(8)16)11(17)14-15-1-3-18-4-2-15/h5-6,16H,1-4,12-13H2,(H,14,17). The molecule has 1 aliphatic rings. The van der Waals surface area contributed by atoms with Gasteiger partial charge in [-0.05, 0) is 12.1 Å². The van der Waals surface area contributed by atoms with Gasteiger partial charge in [0.05, 0.1) is 24.6 Å². The van der Waals surface area contributed by atoms with E-state index in [1.807, 2.05) is 0 Å². The van der Waals surface area contributed by atoms with Gasteiger partial charge >= 0.3 is 0 Å². The zero-order valence-corrected chi connectivity index (χ0v) is 9.85. The van der Waals surface area contributed by atoms with Gasteiger partial charge in [0.15, 0.2) is 5.75 Å². The molecular weight excluding hydrogens is 236 g/mol. The molecule has 0 unspecified atom stereocenters. The lowest BCUT2D eigenvalue weighted by atomic mass is 10.1. The number of nitrogens with one attached hydrogen (secondary N) is 1. The fraction of sp³-hybridized carbons (Fsp3) is 0.364. The van der Waals surface area contributed by atoms with E-state index < -0.39 is 0 Å². The first-order valence-electron chi connectivity index (χ1n) is 5.59. The maximum atomic E-state index is 11.9. The number of amides is 1. The number of morpholine rings is 1. The number of phenolic OH excluding ortho intramolecular Hbond substituents is 1. The fourth-order valence-electron chi connectivity index (χ4n) is 1.69. The van der Waals surface area contributed by atoms with Crippen LogP contribution < -0.4 is 16.9 Å². The lowest BCUT2D eigenvalue weighted by Gasteiger charge is -2.27. The number of rotatable bonds is 2. The Kier molecular flexibility index (Phi) is 3.54. The molecule has 7 nitrogen and oxygen atoms in total. The Hall–Kier alpha value is -1.99. The number of anilines is 2. The fourth-order valence-corrected chi connectivity index (χ4v) is 1.69. The SMILES string of the molecule is Nc1cc(C(=O)NN2CCOCC2)cc(N)c1O. The normalized spacial score (nSPS) is 16.4. The second kappa shape index (κ2) is 5.11. The summed E-state index contributed by atoms with van der Waals surface area (Å²) in [5, 5.41) is 11.2. The van der Waals surface area contributed by atoms with Crippen LogP contribution in [0.4, 0.5) is 11.4 Å². The molecule has 6 N–H and O–H groups in total. The zero-order chi connectivity index (χ0) is 13.1. The average molecular weight is 252 g/mol. The summed E-state index contributed by atoms with van der Waals surface area (Å²) in [6.07, 6.45) is 0. The van der Waals surface area contributed by atoms with E-state index in [0.29, 0.717) is 31.9 Å². The van der Waals surface area contributed by atoms with Gasteiger partial charge in [0.1, 0.15) is 0 Å². The van der Waals surface area contributed by atoms with Crippen molar-refractivity contribution in [3.8, 4) is 5.75 Å². The van der Waals surface area contributed by atoms with Gasteiger partial charge in [-0.2, -0.15) is 0 Å². The summed E-state index contributed by atoms with van der Waals surface area (Å²) >= 11 is 0. The van der Waals surface area contributed by atoms with Gasteiger partial charge in [-0.3, -0.25) is 10.2 Å². The number of hydrogen-bond acceptors (Lipinski definition) is 6. The molecule has 0 aromatic heterocycles. The van der Waals surface area contributed by atoms with Crippen molar-refractivity contribution in [3.05, 3.63) is 17.7 Å². The van der Waals surface area contributed by atoms with Gasteiger partial charge in [-0.1, -0.05) is 0 Å². The lowest BCUT2D eigenvalue weighted by Crippen LogP contribution is -2.48. The number of phenols is 1. The average Bonchev–Trinajstić information content (AvgIpc) is 2.36. The van der Waals surface area contributed by atoms with Crippen molar-refractivity contribution in [2.75, 3.05) is 37.8 Å². The van der Waals surface area contributed by atoms with Crippen molar-refractivity contribution in [2.45, 2.75) is 0 Å². The van der Waals surface area contributed by atoms with Crippen molar-refractivity contribution in [3.63, 3.8) is 0 Å². The van der Waals surface area contributed by atoms with Crippen LogP contribution in [0.25, 0.3) is 0 Å². The van der Waals surface area contributed by atoms with E-state index >= 15 is 0 Å². The number of aromatic hydroxyl groups is 1. The molecule has 0 aliphatic carbocycles. The highest BCUT2D eigenvalue weighted by Crippen LogP contribution is 2.28. The minimum atomic E-state index is -0.310. The molecule has 2 rings (SSSR count). The van der Waals surface area contributed by atoms with E-state index in [9.17, 15) is 9.90 Å². The highest BCUT2D eigenvalue weighted by Gasteiger charge is 2.16. The molecule has 18 heavy (non-hydrogen) atoms. The highest BCUT2D eigenvalue weighted by atomic mass is 16.5. The Morgan fingerprint density at radius 2 is 1.83 bits per heavy atom. The van der Waals surface area contributed by atoms with Crippen molar-refractivity contribution in [1.29, 1.82) is 0 Å². The van der Waals surface area contributed by atoms with Crippen molar-refractivity contribution >= 4 is 17.3 Å². The molecule has 1 aromatic rings. The number of benzene rings is 1. The Morgan fingerprint density at radius 3 is 2.39 bits per heavy atom. The van der Waals surface area contributed by atoms with Crippen LogP contribution in [0.1, 0.15) is 10.4 Å². The van der Waals surface area contributed by atoms with Gasteiger partial charge in [-0.25, -0.2) is 5.01 Å². The van der Waals surface area contributed by atoms with E-state index in [-0.39, 0.29) is 23.0 Å². The van der Waals surface area contributed by atoms with Gasteiger partial charge in [-0.15, -0.1) is 0 Å². The van der Waals surface area contributed by atoms with Crippen molar-refractivity contribution in [2.24, 2.45) is 0 Å². The third-order valence-electron chi connectivity index (χ3n) is 2.70. The Bertz CT molecular complexity index is 435. The highest BCUT2D eigenvalue weighted by molar-refractivity contribution is 5.96. The molecule has 0 radical (unpaired) electrons. The zero-order valence-electron chi connectivity index (χ0n) is 9.85. The second-order valence-electron chi connectivity index (χ2n) is 4.04. The molecule has 1 fully saturated rings. The minimum absolute atomic E-state index is 0.0853. The summed E-state index contributed by atoms with van der Waals surface area (Å²) in [4.78, 5) is 11.9. The summed E-state index contributed by atoms with van der Waals surface area (Å²) in [6.45, 7) is 2.43. The quantitative estimate of drug-likeness (QED) is 0.418. The summed E-state index contributed by atoms with van der Waals surface area (Å²) in [7, 11) is 0. The number of hydrazine groups is 1. The number of hydrogen-bond donors (Lipinski definition) is 4. The van der Waals surface area contributed by atoms with Crippen LogP contribution in [0.15, 0.2) is 12.1 Å². The molecule has 0 atom stereocenters. The molecule has 98 valence electrons. The smallest absolute Gasteiger partial charge is 0.265 e. The molecule has 1 amide bonds. The monoisotopic (exact) mass is 252 g/mol. The molecule has 1 saturated heterocycles. The molecule has 1 heterocycles. The second-order valence-corrected chi connectivity index (χ2v) is 4.04. The molecule has 1 aliphatic heterocycles. The van der Waals surface area contributed by atoms with Crippen LogP contribution in [0.2, 0.25) is 0 Å². The first-order valence-corrected chi connectivity index (χ1v) is 5.59. The Morgan fingerprint density at radius 1 is 1.28 bits per heavy atom. The van der Waals surface area contributed by atoms with Crippen LogP contribution in [0, 0.1) is 0 Å². The molecule has 1 aromatic carbocycles. The number of nitrogen functional groups attached to an aromatic ring is 2. The maximum Gasteiger partial charge on any atom is 0.265 e. The topological polar surface area (TPSA) is 114 Å². The first-order chi connectivity index (χ1) is 8.58. The first kappa shape index (κ1) is 12.5. The van der Waals surface area contributed by atoms with Crippen LogP contribution in [0.3, 0.4) is 0 Å². The van der Waals surface area contributed by atoms with E-state index in [1.54, 1.807) is 5.01 Å². The van der Waals surface area contributed by atoms with E-state index in [4.69, 9.17) is 16.2 Å². The third kappa shape index (κ3) is 2.63. The molecule has 7 heteroatoms. The predicted octanol–water partition coefficient (Wildman–Crippen LogP) is -0.466. The molecule has 0 spiro atoms. The van der Waals surface area contributed by atoms with E-state index in [2.05, 4.69) is 5.43 Å². The minimum Gasteiger partial charge on any atom is -0.504 e. The van der Waals surface area contributed by atoms with Crippen LogP contribution >= 0.6 is 0 Å². The predicted molar refractivity (Wildman–Crippen MR) is 66.8 cm³/mol. The van der Waals surface area contributed by atoms with E-state index in [1.165, 1.54) is 12.1 Å². The summed E-state index contributed by atoms with van der Waals surface area (Å²) in [5.74, 6) is -0.506. The molecular formula is C11H16N4O3. The Balaban J connectivity index is 2.08. The van der Waals surface area contributed by atoms with Crippen LogP contribution in [-0.2, 0) is 4.74 Å². The lowest BCUT2D eigenvalue weighted by molar-refractivity contribution is 0.0126. The maximum absolute atomic E-state index is 11.9. The van der Waals surface area contributed by atoms with E-state index in [0.717, 1.165) is 0 Å². The molecule has 0 saturated carbocycles. The van der Waals surface area contributed by atoms with Crippen LogP contribution in [-0.4, -0.2) is 42.3 Å². The number of ether oxygens (including phenoxy) is 1. The number of carbonyl (C=O) groups is 1. The molecule has 0 bridgehead atoms. The summed E-state index contributed by atoms with van der Waals surface area (Å²) in [6, 6.07) is 2.78. The summed E-state index contributed by atoms with van der Waals surface area (Å²) < 4.78 is 5.17. The van der Waals surface area contributed by atoms with Crippen molar-refractivity contribution in [1.82, 2.24) is 10.4 Å². The van der Waals surface area contributed by atoms with Gasteiger partial charge in [0.2, 0.25) is 0 Å². The summed E-state index contributed by atoms with van der Waals surface area (Å²) in [5.41, 5.74) is 14.3. The van der Waals surface area contributed by atoms with Gasteiger partial charge in [0.25, 0.3) is 5.91 Å². The van der Waals surface area contributed by atoms with Gasteiger partial charge in [0, 0.05) is 18.7 Å². The number of nitrogens with two attached hydrogens (primary N) is 2. The van der Waals surface area contributed by atoms with Crippen LogP contribution in [0.5, 0.6) is 5.75 Å². The van der Waals surface area contributed by atoms with Crippen molar-refractivity contribution < 1.29 is 14.6 Å². The number of carbonyl (C=O) groups excluding carboxylic acids is 1. The number of nitrogens with zero attached hydrogens (tertiary/aromatic N) is 1.